The molecule has 0 bridgehead atoms. The van der Waals surface area contributed by atoms with Gasteiger partial charge in [-0.15, -0.1) is 0 Å². The number of cyclic esters (lactones) is 1. The minimum absolute atomic E-state index is 0.0607. The number of hydrogen-bond donors (Lipinski definition) is 5. The molecule has 3 fully saturated rings. The summed E-state index contributed by atoms with van der Waals surface area (Å²) in [6.45, 7) is 20.1. The van der Waals surface area contributed by atoms with Crippen molar-refractivity contribution in [1.29, 1.82) is 0 Å². The van der Waals surface area contributed by atoms with E-state index in [9.17, 15) is 35.1 Å². The second-order valence-electron chi connectivity index (χ2n) is 21.5. The number of aliphatic hydroxyl groups excluding tert-OH is 3. The van der Waals surface area contributed by atoms with Crippen LogP contribution < -0.4 is 0 Å². The van der Waals surface area contributed by atoms with Crippen LogP contribution >= 0.6 is 0 Å². The summed E-state index contributed by atoms with van der Waals surface area (Å²) < 4.78 is 38.1. The Morgan fingerprint density at radius 2 is 1.41 bits per heavy atom. The molecule has 388 valence electrons. The van der Waals surface area contributed by atoms with Crippen LogP contribution in [-0.2, 0) is 38.0 Å². The SMILES string of the molecule is CCCCCCCCCCCCCC(=O)N(C)[C@H]1C[C@@H](C)O[C@@H](OC2[C@@H](C)[C@H](O[C@H]3C[C@@](C)(OC)[C@@H](O)[C@H](C)O3)[C@@H](C)C(=O)O[C@H](CC)[C@@](C)(O)[C@H](O)[C@@H](C)N(C)C[C@H](C)C[C@@]2(C)O)[C@@H]1O. The van der Waals surface area contributed by atoms with Crippen LogP contribution in [0.4, 0.5) is 0 Å². The lowest BCUT2D eigenvalue weighted by molar-refractivity contribution is -0.317. The Kier molecular flexibility index (Phi) is 23.7. The van der Waals surface area contributed by atoms with E-state index in [1.54, 1.807) is 60.4 Å². The maximum Gasteiger partial charge on any atom is 0.311 e. The number of hydrogen-bond acceptors (Lipinski definition) is 14. The molecule has 3 aliphatic heterocycles. The van der Waals surface area contributed by atoms with Gasteiger partial charge in [-0.2, -0.15) is 0 Å². The molecule has 0 aromatic carbocycles. The monoisotopic (exact) mass is 945 g/mol. The molecular weight excluding hydrogens is 849 g/mol. The van der Waals surface area contributed by atoms with Gasteiger partial charge in [0.1, 0.15) is 30.0 Å². The number of unbranched alkanes of at least 4 members (excludes halogenated alkanes) is 10. The van der Waals surface area contributed by atoms with Crippen LogP contribution in [0.5, 0.6) is 0 Å². The zero-order valence-corrected chi connectivity index (χ0v) is 43.6. The first-order valence-corrected chi connectivity index (χ1v) is 25.7. The predicted octanol–water partition coefficient (Wildman–Crippen LogP) is 6.50. The van der Waals surface area contributed by atoms with Crippen LogP contribution in [0.3, 0.4) is 0 Å². The Labute approximate surface area is 398 Å². The van der Waals surface area contributed by atoms with Gasteiger partial charge < -0.3 is 63.8 Å². The van der Waals surface area contributed by atoms with E-state index >= 15 is 0 Å². The Morgan fingerprint density at radius 1 is 0.833 bits per heavy atom. The molecular formula is C51H96N2O13. The number of amides is 1. The second-order valence-corrected chi connectivity index (χ2v) is 21.5. The highest BCUT2D eigenvalue weighted by atomic mass is 16.7. The van der Waals surface area contributed by atoms with Crippen LogP contribution in [0.25, 0.3) is 0 Å². The van der Waals surface area contributed by atoms with Crippen molar-refractivity contribution in [3.05, 3.63) is 0 Å². The second kappa shape index (κ2) is 26.6. The summed E-state index contributed by atoms with van der Waals surface area (Å²) >= 11 is 0. The maximum absolute atomic E-state index is 14.4. The van der Waals surface area contributed by atoms with Gasteiger partial charge >= 0.3 is 5.97 Å². The Hall–Kier alpha value is -1.50. The van der Waals surface area contributed by atoms with Crippen molar-refractivity contribution in [2.45, 2.75) is 269 Å². The van der Waals surface area contributed by atoms with E-state index in [1.165, 1.54) is 65.4 Å². The number of rotatable bonds is 19. The molecule has 1 amide bonds. The normalized spacial score (nSPS) is 41.4. The minimum Gasteiger partial charge on any atom is -0.459 e. The van der Waals surface area contributed by atoms with Gasteiger partial charge in [0.15, 0.2) is 12.6 Å². The number of esters is 1. The number of methoxy groups -OCH3 is 1. The third-order valence-electron chi connectivity index (χ3n) is 15.4. The first-order valence-electron chi connectivity index (χ1n) is 25.7. The van der Waals surface area contributed by atoms with E-state index in [-0.39, 0.29) is 31.1 Å². The molecule has 3 heterocycles. The smallest absolute Gasteiger partial charge is 0.311 e. The molecule has 3 aliphatic rings. The average Bonchev–Trinajstić information content (AvgIpc) is 3.26. The topological polar surface area (TPSA) is 197 Å². The van der Waals surface area contributed by atoms with E-state index < -0.39 is 108 Å². The van der Waals surface area contributed by atoms with Gasteiger partial charge in [0.05, 0.1) is 47.6 Å². The molecule has 0 aromatic rings. The number of carbonyl (C=O) groups is 2. The van der Waals surface area contributed by atoms with Crippen LogP contribution in [0.2, 0.25) is 0 Å². The van der Waals surface area contributed by atoms with Crippen LogP contribution in [0.1, 0.15) is 179 Å². The van der Waals surface area contributed by atoms with Crippen molar-refractivity contribution in [1.82, 2.24) is 9.80 Å². The highest BCUT2D eigenvalue weighted by Crippen LogP contribution is 2.40. The van der Waals surface area contributed by atoms with Crippen LogP contribution in [-0.4, -0.2) is 165 Å². The van der Waals surface area contributed by atoms with Crippen molar-refractivity contribution in [2.75, 3.05) is 27.7 Å². The van der Waals surface area contributed by atoms with E-state index in [4.69, 9.17) is 28.4 Å². The molecule has 3 saturated heterocycles. The maximum atomic E-state index is 14.4. The van der Waals surface area contributed by atoms with Crippen molar-refractivity contribution in [3.63, 3.8) is 0 Å². The van der Waals surface area contributed by atoms with E-state index in [1.807, 2.05) is 25.8 Å². The summed E-state index contributed by atoms with van der Waals surface area (Å²) in [6, 6.07) is -1.20. The average molecular weight is 945 g/mol. The van der Waals surface area contributed by atoms with Gasteiger partial charge in [-0.25, -0.2) is 0 Å². The summed E-state index contributed by atoms with van der Waals surface area (Å²) in [7, 11) is 5.06. The van der Waals surface area contributed by atoms with Gasteiger partial charge in [0.2, 0.25) is 5.91 Å². The zero-order chi connectivity index (χ0) is 49.7. The molecule has 0 spiro atoms. The van der Waals surface area contributed by atoms with E-state index in [2.05, 4.69) is 6.92 Å². The van der Waals surface area contributed by atoms with Crippen molar-refractivity contribution < 1.29 is 63.5 Å². The van der Waals surface area contributed by atoms with Crippen molar-refractivity contribution >= 4 is 11.9 Å². The standard InChI is InChI=1S/C51H96N2O13/c1-15-17-18-19-20-21-22-23-24-25-26-27-40(54)53(13)38-28-33(4)62-48(42(38)55)66-46-34(5)43(65-41-30-50(10,61-14)45(57)37(8)63-41)35(6)47(58)64-39(16-2)51(11,60)44(56)36(7)52(12)31-32(3)29-49(46,9)59/h32-39,41-46,48,55-57,59-60H,15-31H2,1-14H3/t32-,33-,34+,35-,36-,37+,38+,39-,41+,42-,43+,44-,45+,46?,48+,49-,50-,51-/m1/s1. The van der Waals surface area contributed by atoms with Gasteiger partial charge in [-0.1, -0.05) is 91.9 Å². The summed E-state index contributed by atoms with van der Waals surface area (Å²) in [6.07, 6.45) is 3.96. The van der Waals surface area contributed by atoms with Crippen LogP contribution in [0, 0.1) is 17.8 Å². The predicted molar refractivity (Wildman–Crippen MR) is 254 cm³/mol. The van der Waals surface area contributed by atoms with E-state index in [0.29, 0.717) is 19.4 Å². The lowest BCUT2D eigenvalue weighted by Gasteiger charge is -2.49. The summed E-state index contributed by atoms with van der Waals surface area (Å²) in [5, 5.41) is 59.3. The summed E-state index contributed by atoms with van der Waals surface area (Å²) in [5.74, 6) is -2.86. The summed E-state index contributed by atoms with van der Waals surface area (Å²) in [4.78, 5) is 31.6. The molecule has 0 aromatic heterocycles. The van der Waals surface area contributed by atoms with Gasteiger partial charge in [0.25, 0.3) is 0 Å². The highest BCUT2D eigenvalue weighted by Gasteiger charge is 2.53. The first kappa shape index (κ1) is 58.8. The molecule has 0 saturated carbocycles. The van der Waals surface area contributed by atoms with E-state index in [0.717, 1.165) is 19.3 Å². The van der Waals surface area contributed by atoms with Crippen molar-refractivity contribution in [3.8, 4) is 0 Å². The third kappa shape index (κ3) is 15.8. The molecule has 5 N–H and O–H groups in total. The quantitative estimate of drug-likeness (QED) is 0.0695. The summed E-state index contributed by atoms with van der Waals surface area (Å²) in [5.41, 5.74) is -4.53. The molecule has 3 rings (SSSR count). The molecule has 15 nitrogen and oxygen atoms in total. The zero-order valence-electron chi connectivity index (χ0n) is 43.6. The highest BCUT2D eigenvalue weighted by molar-refractivity contribution is 5.76. The molecule has 1 unspecified atom stereocenters. The number of ether oxygens (including phenoxy) is 6. The van der Waals surface area contributed by atoms with Gasteiger partial charge in [0, 0.05) is 45.5 Å². The number of likely N-dealkylation sites (N-methyl/N-ethyl adjacent to an activating group) is 2. The molecule has 18 atom stereocenters. The fourth-order valence-electron chi connectivity index (χ4n) is 10.9. The number of nitrogens with zero attached hydrogens (tertiary/aromatic N) is 2. The largest absolute Gasteiger partial charge is 0.459 e. The first-order chi connectivity index (χ1) is 30.9. The Bertz CT molecular complexity index is 1440. The van der Waals surface area contributed by atoms with Gasteiger partial charge in [-0.05, 0) is 87.1 Å². The van der Waals surface area contributed by atoms with Gasteiger partial charge in [-0.3, -0.25) is 9.59 Å². The lowest BCUT2D eigenvalue weighted by atomic mass is 9.77. The number of carbonyl (C=O) groups excluding carboxylic acids is 2. The fourth-order valence-corrected chi connectivity index (χ4v) is 10.9. The van der Waals surface area contributed by atoms with Crippen LogP contribution in [0.15, 0.2) is 0 Å². The Morgan fingerprint density at radius 3 is 1.97 bits per heavy atom. The molecule has 66 heavy (non-hydrogen) atoms. The molecule has 0 aliphatic carbocycles. The number of aliphatic hydroxyl groups is 5. The minimum atomic E-state index is -1.83. The third-order valence-corrected chi connectivity index (χ3v) is 15.4. The molecule has 0 radical (unpaired) electrons. The fraction of sp³-hybridized carbons (Fsp3) is 0.961. The lowest BCUT2D eigenvalue weighted by Crippen LogP contribution is -2.61. The Balaban J connectivity index is 1.96. The van der Waals surface area contributed by atoms with Crippen molar-refractivity contribution in [2.24, 2.45) is 17.8 Å². The molecule has 15 heteroatoms.